The molecule has 0 atom stereocenters. The van der Waals surface area contributed by atoms with Crippen molar-refractivity contribution in [3.8, 4) is 0 Å². The zero-order valence-electron chi connectivity index (χ0n) is 9.47. The number of halogens is 1. The van der Waals surface area contributed by atoms with Crippen molar-refractivity contribution in [2.45, 2.75) is 11.8 Å². The van der Waals surface area contributed by atoms with E-state index in [1.54, 1.807) is 0 Å². The molecule has 0 bridgehead atoms. The topological polar surface area (TPSA) is 97.5 Å². The second-order valence-corrected chi connectivity index (χ2v) is 4.59. The van der Waals surface area contributed by atoms with Crippen LogP contribution in [-0.4, -0.2) is 17.9 Å². The van der Waals surface area contributed by atoms with Crippen LogP contribution in [0.1, 0.15) is 6.99 Å². The normalized spacial score (nSPS) is 10.7. The SMILES string of the molecule is Cc1cc(Cl)c(S(=O)(=O)O)c([N+](=O)[O-])c1.[H-].[Na+]. The molecule has 1 aromatic carbocycles. The molecule has 16 heavy (non-hydrogen) atoms. The summed E-state index contributed by atoms with van der Waals surface area (Å²) < 4.78 is 30.5. The average molecular weight is 276 g/mol. The van der Waals surface area contributed by atoms with Crippen LogP contribution in [0.5, 0.6) is 0 Å². The van der Waals surface area contributed by atoms with E-state index in [-0.39, 0.29) is 36.0 Å². The monoisotopic (exact) mass is 275 g/mol. The molecule has 0 aromatic heterocycles. The molecule has 0 heterocycles. The van der Waals surface area contributed by atoms with E-state index in [1.807, 2.05) is 0 Å². The molecule has 1 rings (SSSR count). The van der Waals surface area contributed by atoms with Crippen LogP contribution in [0, 0.1) is 17.0 Å². The number of nitrogens with zero attached hydrogens (tertiary/aromatic N) is 1. The Labute approximate surface area is 120 Å². The first-order valence-corrected chi connectivity index (χ1v) is 5.47. The van der Waals surface area contributed by atoms with E-state index in [2.05, 4.69) is 0 Å². The van der Waals surface area contributed by atoms with E-state index < -0.39 is 25.6 Å². The van der Waals surface area contributed by atoms with E-state index in [0.29, 0.717) is 5.56 Å². The molecule has 0 fully saturated rings. The van der Waals surface area contributed by atoms with Gasteiger partial charge in [0.1, 0.15) is 0 Å². The molecule has 1 aromatic rings. The number of rotatable bonds is 2. The van der Waals surface area contributed by atoms with Gasteiger partial charge in [0.05, 0.1) is 9.95 Å². The van der Waals surface area contributed by atoms with Crippen molar-refractivity contribution in [3.63, 3.8) is 0 Å². The molecule has 6 nitrogen and oxygen atoms in total. The van der Waals surface area contributed by atoms with E-state index in [1.165, 1.54) is 13.0 Å². The Bertz CT molecular complexity index is 535. The van der Waals surface area contributed by atoms with Crippen LogP contribution in [0.2, 0.25) is 5.02 Å². The van der Waals surface area contributed by atoms with Gasteiger partial charge in [0, 0.05) is 6.07 Å². The number of hydrogen-bond donors (Lipinski definition) is 1. The first-order valence-electron chi connectivity index (χ1n) is 3.65. The first-order chi connectivity index (χ1) is 6.73. The Morgan fingerprint density at radius 1 is 1.50 bits per heavy atom. The van der Waals surface area contributed by atoms with Gasteiger partial charge >= 0.3 is 39.7 Å². The van der Waals surface area contributed by atoms with E-state index in [4.69, 9.17) is 16.2 Å². The quantitative estimate of drug-likeness (QED) is 0.320. The fourth-order valence-electron chi connectivity index (χ4n) is 1.10. The van der Waals surface area contributed by atoms with Crippen LogP contribution in [0.4, 0.5) is 5.69 Å². The molecule has 84 valence electrons. The second kappa shape index (κ2) is 5.44. The maximum absolute atomic E-state index is 10.9. The van der Waals surface area contributed by atoms with Crippen molar-refractivity contribution in [1.82, 2.24) is 0 Å². The van der Waals surface area contributed by atoms with Gasteiger partial charge < -0.3 is 1.43 Å². The van der Waals surface area contributed by atoms with E-state index in [0.717, 1.165) is 6.07 Å². The standard InChI is InChI=1S/C7H6ClNO5S.Na.H/c1-4-2-5(8)7(15(12,13)14)6(3-4)9(10)11;;/h2-3H,1H3,(H,12,13,14);;/q;+1;-1. The molecular formula is C7H7ClNNaO5S. The molecule has 0 spiro atoms. The molecule has 0 unspecified atom stereocenters. The summed E-state index contributed by atoms with van der Waals surface area (Å²) in [5, 5.41) is 10.2. The van der Waals surface area contributed by atoms with Gasteiger partial charge in [-0.3, -0.25) is 14.7 Å². The molecule has 0 saturated heterocycles. The van der Waals surface area contributed by atoms with Gasteiger partial charge in [0.15, 0.2) is 4.90 Å². The van der Waals surface area contributed by atoms with Gasteiger partial charge in [-0.2, -0.15) is 8.42 Å². The molecule has 0 aliphatic carbocycles. The maximum atomic E-state index is 10.9. The third kappa shape index (κ3) is 3.41. The molecule has 0 aliphatic rings. The third-order valence-electron chi connectivity index (χ3n) is 1.62. The Morgan fingerprint density at radius 2 is 2.00 bits per heavy atom. The molecule has 0 amide bonds. The van der Waals surface area contributed by atoms with Crippen molar-refractivity contribution in [2.24, 2.45) is 0 Å². The van der Waals surface area contributed by atoms with Gasteiger partial charge in [0.25, 0.3) is 5.69 Å². The molecular weight excluding hydrogens is 269 g/mol. The van der Waals surface area contributed by atoms with Crippen LogP contribution in [0.15, 0.2) is 17.0 Å². The smallest absolute Gasteiger partial charge is 1.00 e. The van der Waals surface area contributed by atoms with Crippen LogP contribution in [0.3, 0.4) is 0 Å². The van der Waals surface area contributed by atoms with Gasteiger partial charge in [-0.15, -0.1) is 0 Å². The Morgan fingerprint density at radius 3 is 2.38 bits per heavy atom. The van der Waals surface area contributed by atoms with Crippen molar-refractivity contribution < 1.29 is 48.9 Å². The fourth-order valence-corrected chi connectivity index (χ4v) is 2.37. The number of nitro groups is 1. The summed E-state index contributed by atoms with van der Waals surface area (Å²) in [6.07, 6.45) is 0. The minimum Gasteiger partial charge on any atom is -1.00 e. The predicted octanol–water partition coefficient (Wildman–Crippen LogP) is -1.08. The van der Waals surface area contributed by atoms with Gasteiger partial charge in [-0.05, 0) is 18.6 Å². The van der Waals surface area contributed by atoms with Gasteiger partial charge in [0.2, 0.25) is 0 Å². The largest absolute Gasteiger partial charge is 1.00 e. The fraction of sp³-hybridized carbons (Fsp3) is 0.143. The maximum Gasteiger partial charge on any atom is 1.00 e. The minimum absolute atomic E-state index is 0. The molecule has 9 heteroatoms. The second-order valence-electron chi connectivity index (χ2n) is 2.83. The average Bonchev–Trinajstić information content (AvgIpc) is 1.99. The summed E-state index contributed by atoms with van der Waals surface area (Å²) >= 11 is 5.52. The third-order valence-corrected chi connectivity index (χ3v) is 2.98. The van der Waals surface area contributed by atoms with Crippen LogP contribution in [0.25, 0.3) is 0 Å². The van der Waals surface area contributed by atoms with Gasteiger partial charge in [-0.1, -0.05) is 11.6 Å². The minimum atomic E-state index is -4.70. The Balaban J connectivity index is 0. The summed E-state index contributed by atoms with van der Waals surface area (Å²) in [5.74, 6) is 0. The Kier molecular flexibility index (Phi) is 5.37. The number of aryl methyl sites for hydroxylation is 1. The van der Waals surface area contributed by atoms with E-state index in [9.17, 15) is 18.5 Å². The van der Waals surface area contributed by atoms with Crippen LogP contribution in [-0.2, 0) is 10.1 Å². The van der Waals surface area contributed by atoms with Crippen molar-refractivity contribution in [1.29, 1.82) is 0 Å². The first kappa shape index (κ1) is 15.8. The molecule has 0 saturated carbocycles. The van der Waals surface area contributed by atoms with Crippen molar-refractivity contribution in [2.75, 3.05) is 0 Å². The predicted molar refractivity (Wildman–Crippen MR) is 53.8 cm³/mol. The van der Waals surface area contributed by atoms with Crippen molar-refractivity contribution >= 4 is 27.4 Å². The Hall–Kier alpha value is -0.180. The van der Waals surface area contributed by atoms with Gasteiger partial charge in [-0.25, -0.2) is 0 Å². The summed E-state index contributed by atoms with van der Waals surface area (Å²) in [6, 6.07) is 2.24. The zero-order chi connectivity index (χ0) is 11.8. The van der Waals surface area contributed by atoms with Crippen molar-refractivity contribution in [3.05, 3.63) is 32.8 Å². The number of nitro benzene ring substituents is 1. The molecule has 1 N–H and O–H groups in total. The van der Waals surface area contributed by atoms with Crippen LogP contribution >= 0.6 is 11.6 Å². The zero-order valence-corrected chi connectivity index (χ0v) is 12.0. The number of hydrogen-bond acceptors (Lipinski definition) is 4. The summed E-state index contributed by atoms with van der Waals surface area (Å²) in [5.41, 5.74) is -0.304. The summed E-state index contributed by atoms with van der Waals surface area (Å²) in [7, 11) is -4.70. The molecule has 0 radical (unpaired) electrons. The summed E-state index contributed by atoms with van der Waals surface area (Å²) in [4.78, 5) is 8.75. The number of benzene rings is 1. The summed E-state index contributed by atoms with van der Waals surface area (Å²) in [6.45, 7) is 1.52. The van der Waals surface area contributed by atoms with Crippen LogP contribution < -0.4 is 29.6 Å². The van der Waals surface area contributed by atoms with E-state index >= 15 is 0 Å². The molecule has 0 aliphatic heterocycles.